The van der Waals surface area contributed by atoms with Crippen molar-refractivity contribution in [3.05, 3.63) is 59.1 Å². The summed E-state index contributed by atoms with van der Waals surface area (Å²) >= 11 is 3.49. The number of halogens is 1. The molecule has 12 nitrogen and oxygen atoms in total. The number of carbonyl (C=O) groups excluding carboxylic acids is 3. The third kappa shape index (κ3) is 11.7. The van der Waals surface area contributed by atoms with Crippen LogP contribution in [0.25, 0.3) is 0 Å². The van der Waals surface area contributed by atoms with Gasteiger partial charge in [-0.1, -0.05) is 88.8 Å². The topological polar surface area (TPSA) is 134 Å². The van der Waals surface area contributed by atoms with Crippen molar-refractivity contribution in [2.75, 3.05) is 6.61 Å². The number of ether oxygens (including phenoxy) is 8. The van der Waals surface area contributed by atoms with E-state index in [2.05, 4.69) is 83.7 Å². The summed E-state index contributed by atoms with van der Waals surface area (Å²) in [6, 6.07) is 9.00. The monoisotopic (exact) mass is 1030 g/mol. The second-order valence-corrected chi connectivity index (χ2v) is 29.0. The van der Waals surface area contributed by atoms with Crippen LogP contribution in [0.2, 0.25) is 18.1 Å². The smallest absolute Gasteiger partial charge is 0.338 e. The van der Waals surface area contributed by atoms with Gasteiger partial charge in [0.2, 0.25) is 0 Å². The molecule has 14 heteroatoms. The largest absolute Gasteiger partial charge is 0.458 e. The van der Waals surface area contributed by atoms with E-state index >= 15 is 0 Å². The summed E-state index contributed by atoms with van der Waals surface area (Å²) in [4.78, 5) is 38.9. The number of hydrogen-bond donors (Lipinski definition) is 0. The molecule has 0 aliphatic carbocycles. The summed E-state index contributed by atoms with van der Waals surface area (Å²) in [7, 11) is -1.92. The Morgan fingerprint density at radius 2 is 1.65 bits per heavy atom. The second-order valence-electron chi connectivity index (χ2n) is 23.0. The number of benzene rings is 1. The molecule has 378 valence electrons. The highest BCUT2D eigenvalue weighted by Gasteiger charge is 2.68. The van der Waals surface area contributed by atoms with Gasteiger partial charge in [0.25, 0.3) is 0 Å². The molecule has 8 heterocycles. The third-order valence-electron chi connectivity index (χ3n) is 16.9. The number of ketones is 1. The first-order chi connectivity index (χ1) is 32.2. The zero-order valence-electron chi connectivity index (χ0n) is 41.9. The van der Waals surface area contributed by atoms with Crippen LogP contribution in [0.4, 0.5) is 0 Å². The Morgan fingerprint density at radius 3 is 2.37 bits per heavy atom. The highest BCUT2D eigenvalue weighted by atomic mass is 79.9. The Kier molecular flexibility index (Phi) is 16.5. The summed E-state index contributed by atoms with van der Waals surface area (Å²) in [5.41, 5.74) is 1.56. The maximum atomic E-state index is 14.4. The fraction of sp³-hybridized carbons (Fsp3) is 0.759. The predicted molar refractivity (Wildman–Crippen MR) is 264 cm³/mol. The quantitative estimate of drug-likeness (QED) is 0.0502. The van der Waals surface area contributed by atoms with Crippen LogP contribution in [0.5, 0.6) is 0 Å². The van der Waals surface area contributed by atoms with Crippen LogP contribution in [0.3, 0.4) is 0 Å². The molecule has 6 bridgehead atoms. The standard InChI is InChI=1S/C54H79BrO12Si/c1-31(30-59-68(9,10)53(6,7)8)23-43-35(5)41(45(63-43)28-44-34(4)32(2)24-38(60-44)17-14-22-56)27-37(57)26-39-18-19-42-47(61-39)51-50-49(64-42)48-46(65-50)29-54(66-48,67-51)21-20-40(25-33(3)55)62-52(58)36-15-12-11-13-16-36/h11-13,15-16,22,31-32,35,38-51H,3-4,14,17-21,23-30H2,1-2,5-10H3/t31-,32+,35+,38-,39+,40-,41?,42-,43+,44+,45?,46+,47-,48-,49-,50+,51?,54-/m0/s1. The number of rotatable bonds is 21. The highest BCUT2D eigenvalue weighted by Crippen LogP contribution is 2.54. The Labute approximate surface area is 414 Å². The molecular formula is C54H79BrO12Si. The van der Waals surface area contributed by atoms with E-state index in [1.807, 2.05) is 18.2 Å². The first-order valence-corrected chi connectivity index (χ1v) is 29.4. The zero-order valence-corrected chi connectivity index (χ0v) is 44.5. The number of esters is 1. The van der Waals surface area contributed by atoms with Gasteiger partial charge < -0.3 is 47.1 Å². The van der Waals surface area contributed by atoms with Crippen LogP contribution in [0.1, 0.15) is 135 Å². The average molecular weight is 1030 g/mol. The minimum Gasteiger partial charge on any atom is -0.458 e. The van der Waals surface area contributed by atoms with Gasteiger partial charge in [0.05, 0.1) is 48.3 Å². The van der Waals surface area contributed by atoms with Gasteiger partial charge in [-0.15, -0.1) is 0 Å². The first-order valence-electron chi connectivity index (χ1n) is 25.7. The van der Waals surface area contributed by atoms with Gasteiger partial charge in [0.15, 0.2) is 14.1 Å². The zero-order chi connectivity index (χ0) is 48.7. The molecule has 0 N–H and O–H groups in total. The summed E-state index contributed by atoms with van der Waals surface area (Å²) in [5.74, 6) is -0.493. The molecule has 18 atom stereocenters. The van der Waals surface area contributed by atoms with Gasteiger partial charge >= 0.3 is 5.97 Å². The summed E-state index contributed by atoms with van der Waals surface area (Å²) in [6.45, 7) is 27.3. The fourth-order valence-corrected chi connectivity index (χ4v) is 13.4. The van der Waals surface area contributed by atoms with E-state index in [1.165, 1.54) is 0 Å². The van der Waals surface area contributed by atoms with Crippen molar-refractivity contribution >= 4 is 42.3 Å². The lowest BCUT2D eigenvalue weighted by molar-refractivity contribution is -0.292. The molecular weight excluding hydrogens is 949 g/mol. The molecule has 8 aliphatic heterocycles. The van der Waals surface area contributed by atoms with E-state index in [1.54, 1.807) is 12.1 Å². The molecule has 0 spiro atoms. The van der Waals surface area contributed by atoms with Crippen molar-refractivity contribution in [1.82, 2.24) is 0 Å². The highest BCUT2D eigenvalue weighted by molar-refractivity contribution is 9.11. The Hall–Kier alpha value is -2.11. The lowest BCUT2D eigenvalue weighted by atomic mass is 9.78. The summed E-state index contributed by atoms with van der Waals surface area (Å²) in [5, 5.41) is 0.126. The average Bonchev–Trinajstić information content (AvgIpc) is 3.83. The molecule has 8 aliphatic rings. The van der Waals surface area contributed by atoms with Crippen molar-refractivity contribution in [1.29, 1.82) is 0 Å². The van der Waals surface area contributed by atoms with Crippen molar-refractivity contribution < 1.29 is 56.7 Å². The molecule has 0 saturated carbocycles. The number of hydrogen-bond acceptors (Lipinski definition) is 12. The van der Waals surface area contributed by atoms with Crippen LogP contribution in [0, 0.1) is 23.7 Å². The lowest BCUT2D eigenvalue weighted by Gasteiger charge is -2.47. The predicted octanol–water partition coefficient (Wildman–Crippen LogP) is 10.4. The van der Waals surface area contributed by atoms with Crippen LogP contribution >= 0.6 is 15.9 Å². The van der Waals surface area contributed by atoms with E-state index < -0.39 is 32.4 Å². The fourth-order valence-electron chi connectivity index (χ4n) is 11.9. The van der Waals surface area contributed by atoms with Crippen molar-refractivity contribution in [3.63, 3.8) is 0 Å². The molecule has 68 heavy (non-hydrogen) atoms. The van der Waals surface area contributed by atoms with Gasteiger partial charge in [-0.3, -0.25) is 4.79 Å². The molecule has 8 saturated heterocycles. The third-order valence-corrected chi connectivity index (χ3v) is 21.7. The van der Waals surface area contributed by atoms with Crippen LogP contribution in [-0.4, -0.2) is 118 Å². The molecule has 9 rings (SSSR count). The van der Waals surface area contributed by atoms with Crippen molar-refractivity contribution in [2.24, 2.45) is 23.7 Å². The normalized spacial score (nSPS) is 38.4. The number of fused-ring (bicyclic) bond motifs is 1. The summed E-state index contributed by atoms with van der Waals surface area (Å²) in [6.07, 6.45) is 5.25. The van der Waals surface area contributed by atoms with Gasteiger partial charge in [0, 0.05) is 51.6 Å². The maximum Gasteiger partial charge on any atom is 0.338 e. The van der Waals surface area contributed by atoms with Crippen LogP contribution in [0.15, 0.2) is 53.5 Å². The lowest BCUT2D eigenvalue weighted by Crippen LogP contribution is -2.61. The Balaban J connectivity index is 0.924. The summed E-state index contributed by atoms with van der Waals surface area (Å²) < 4.78 is 61.3. The molecule has 0 aromatic heterocycles. The number of Topliss-reactive ketones (excluding diaryl/α,β-unsaturated/α-hetero) is 1. The second kappa shape index (κ2) is 21.5. The van der Waals surface area contributed by atoms with Gasteiger partial charge in [-0.25, -0.2) is 4.79 Å². The van der Waals surface area contributed by atoms with Crippen molar-refractivity contribution in [3.8, 4) is 0 Å². The minimum absolute atomic E-state index is 0.00602. The van der Waals surface area contributed by atoms with E-state index in [-0.39, 0.29) is 108 Å². The molecule has 1 aromatic rings. The molecule has 3 unspecified atom stereocenters. The number of aldehydes is 1. The van der Waals surface area contributed by atoms with Gasteiger partial charge in [-0.05, 0) is 103 Å². The van der Waals surface area contributed by atoms with E-state index in [9.17, 15) is 14.4 Å². The molecule has 1 aromatic carbocycles. The van der Waals surface area contributed by atoms with Gasteiger partial charge in [0.1, 0.15) is 48.7 Å². The van der Waals surface area contributed by atoms with Crippen LogP contribution < -0.4 is 0 Å². The Bertz CT molecular complexity index is 1960. The van der Waals surface area contributed by atoms with E-state index in [0.717, 1.165) is 35.6 Å². The SMILES string of the molecule is C=C(Br)C[C@H](CC[C@@]12C[C@H]3O[C@H]4C(O1)[C@H]1O[C@@H](CC(=O)CC5C(C[C@H]6O[C@@H](CCC=O)C[C@@H](C)C6=C)O[C@H](C[C@H](C)CO[Si](C)(C)C(C)(C)C)[C@@H]5C)CC[C@@H]1O[C@H]4[C@H]3O2)OC(=O)c1ccccc1. The minimum atomic E-state index is -1.92. The number of carbonyl (C=O) groups is 3. The van der Waals surface area contributed by atoms with E-state index in [4.69, 9.17) is 42.3 Å². The molecule has 8 fully saturated rings. The first kappa shape index (κ1) is 52.2. The maximum absolute atomic E-state index is 14.4. The van der Waals surface area contributed by atoms with E-state index in [0.29, 0.717) is 70.0 Å². The van der Waals surface area contributed by atoms with Crippen molar-refractivity contribution in [2.45, 2.75) is 228 Å². The molecule has 0 amide bonds. The Morgan fingerprint density at radius 1 is 0.926 bits per heavy atom. The van der Waals surface area contributed by atoms with Gasteiger partial charge in [-0.2, -0.15) is 0 Å². The molecule has 0 radical (unpaired) electrons. The van der Waals surface area contributed by atoms with Crippen LogP contribution in [-0.2, 0) is 51.9 Å².